The number of aryl methyl sites for hydroxylation is 1. The molecule has 0 amide bonds. The lowest BCUT2D eigenvalue weighted by Crippen LogP contribution is -2.36. The van der Waals surface area contributed by atoms with E-state index in [-0.39, 0.29) is 5.75 Å². The second-order valence-electron chi connectivity index (χ2n) is 4.81. The van der Waals surface area contributed by atoms with Crippen molar-refractivity contribution < 1.29 is 15.0 Å². The van der Waals surface area contributed by atoms with E-state index < -0.39 is 12.0 Å². The Labute approximate surface area is 120 Å². The maximum Gasteiger partial charge on any atom is 0.325 e. The van der Waals surface area contributed by atoms with Crippen molar-refractivity contribution in [2.75, 3.05) is 26.2 Å². The van der Waals surface area contributed by atoms with Gasteiger partial charge in [-0.2, -0.15) is 0 Å². The average molecular weight is 280 g/mol. The van der Waals surface area contributed by atoms with Gasteiger partial charge in [-0.25, -0.2) is 0 Å². The monoisotopic (exact) mass is 280 g/mol. The summed E-state index contributed by atoms with van der Waals surface area (Å²) in [4.78, 5) is 13.6. The van der Waals surface area contributed by atoms with Crippen LogP contribution in [0, 0.1) is 6.92 Å². The summed E-state index contributed by atoms with van der Waals surface area (Å²) < 4.78 is 0. The van der Waals surface area contributed by atoms with Gasteiger partial charge < -0.3 is 15.1 Å². The zero-order valence-electron chi connectivity index (χ0n) is 12.4. The van der Waals surface area contributed by atoms with Gasteiger partial charge in [0.05, 0.1) is 0 Å². The van der Waals surface area contributed by atoms with Crippen molar-refractivity contribution in [1.82, 2.24) is 10.2 Å². The van der Waals surface area contributed by atoms with E-state index in [4.69, 9.17) is 0 Å². The summed E-state index contributed by atoms with van der Waals surface area (Å²) in [6.07, 6.45) is 0. The first-order chi connectivity index (χ1) is 9.49. The van der Waals surface area contributed by atoms with E-state index in [1.54, 1.807) is 12.1 Å². The Balaban J connectivity index is 2.75. The number of nitrogens with one attached hydrogen (secondary N) is 1. The van der Waals surface area contributed by atoms with Gasteiger partial charge in [0, 0.05) is 18.7 Å². The van der Waals surface area contributed by atoms with Crippen LogP contribution in [0.2, 0.25) is 0 Å². The zero-order valence-corrected chi connectivity index (χ0v) is 12.4. The van der Waals surface area contributed by atoms with Crippen molar-refractivity contribution >= 4 is 5.97 Å². The molecule has 1 aromatic rings. The van der Waals surface area contributed by atoms with Crippen LogP contribution in [0.3, 0.4) is 0 Å². The van der Waals surface area contributed by atoms with Gasteiger partial charge in [-0.3, -0.25) is 10.1 Å². The highest BCUT2D eigenvalue weighted by atomic mass is 16.4. The molecule has 0 bridgehead atoms. The molecule has 0 heterocycles. The van der Waals surface area contributed by atoms with E-state index in [2.05, 4.69) is 24.1 Å². The molecular formula is C15H24N2O3. The number of likely N-dealkylation sites (N-methyl/N-ethyl adjacent to an activating group) is 1. The van der Waals surface area contributed by atoms with Crippen LogP contribution >= 0.6 is 0 Å². The maximum atomic E-state index is 11.4. The van der Waals surface area contributed by atoms with Crippen molar-refractivity contribution in [3.63, 3.8) is 0 Å². The van der Waals surface area contributed by atoms with Gasteiger partial charge >= 0.3 is 5.97 Å². The lowest BCUT2D eigenvalue weighted by Gasteiger charge is -2.21. The molecule has 5 heteroatoms. The number of hydrogen-bond donors (Lipinski definition) is 3. The molecule has 0 aromatic heterocycles. The van der Waals surface area contributed by atoms with Gasteiger partial charge in [-0.05, 0) is 26.1 Å². The number of hydrogen-bond acceptors (Lipinski definition) is 4. The molecule has 1 unspecified atom stereocenters. The fourth-order valence-corrected chi connectivity index (χ4v) is 2.14. The topological polar surface area (TPSA) is 72.8 Å². The predicted molar refractivity (Wildman–Crippen MR) is 79.0 cm³/mol. The highest BCUT2D eigenvalue weighted by Crippen LogP contribution is 2.25. The van der Waals surface area contributed by atoms with Crippen LogP contribution in [0.1, 0.15) is 31.0 Å². The van der Waals surface area contributed by atoms with Crippen LogP contribution in [-0.2, 0) is 4.79 Å². The Bertz CT molecular complexity index is 445. The highest BCUT2D eigenvalue weighted by Gasteiger charge is 2.22. The first kappa shape index (κ1) is 16.5. The normalized spacial score (nSPS) is 12.6. The van der Waals surface area contributed by atoms with Crippen LogP contribution in [0.15, 0.2) is 18.2 Å². The van der Waals surface area contributed by atoms with Crippen molar-refractivity contribution in [1.29, 1.82) is 0 Å². The molecule has 0 aliphatic rings. The van der Waals surface area contributed by atoms with E-state index in [0.717, 1.165) is 25.2 Å². The van der Waals surface area contributed by atoms with Gasteiger partial charge in [0.2, 0.25) is 0 Å². The summed E-state index contributed by atoms with van der Waals surface area (Å²) in [6, 6.07) is 4.12. The number of nitrogens with zero attached hydrogens (tertiary/aromatic N) is 1. The second-order valence-corrected chi connectivity index (χ2v) is 4.81. The molecule has 0 aliphatic heterocycles. The van der Waals surface area contributed by atoms with Crippen molar-refractivity contribution in [3.8, 4) is 5.75 Å². The minimum absolute atomic E-state index is 0.0124. The molecule has 0 aliphatic carbocycles. The number of carboxylic acid groups (broad SMARTS) is 1. The highest BCUT2D eigenvalue weighted by molar-refractivity contribution is 5.76. The number of aliphatic carboxylic acids is 1. The summed E-state index contributed by atoms with van der Waals surface area (Å²) >= 11 is 0. The molecule has 20 heavy (non-hydrogen) atoms. The number of rotatable bonds is 8. The smallest absolute Gasteiger partial charge is 0.325 e. The standard InChI is InChI=1S/C15H24N2O3/c1-4-17(5-2)9-8-16-14(15(19)20)12-10-11(3)6-7-13(12)18/h6-7,10,14,16,18H,4-5,8-9H2,1-3H3,(H,19,20). The third-order valence-corrected chi connectivity index (χ3v) is 3.41. The fraction of sp³-hybridized carbons (Fsp3) is 0.533. The number of phenols is 1. The Kier molecular flexibility index (Phi) is 6.48. The van der Waals surface area contributed by atoms with E-state index >= 15 is 0 Å². The quantitative estimate of drug-likeness (QED) is 0.676. The Morgan fingerprint density at radius 3 is 2.55 bits per heavy atom. The minimum atomic E-state index is -0.981. The van der Waals surface area contributed by atoms with Crippen LogP contribution in [0.25, 0.3) is 0 Å². The number of phenolic OH excluding ortho intramolecular Hbond substituents is 1. The Hall–Kier alpha value is -1.59. The lowest BCUT2D eigenvalue weighted by atomic mass is 10.0. The molecular weight excluding hydrogens is 256 g/mol. The molecule has 1 atom stereocenters. The maximum absolute atomic E-state index is 11.4. The van der Waals surface area contributed by atoms with E-state index in [0.29, 0.717) is 12.1 Å². The molecule has 0 spiro atoms. The lowest BCUT2D eigenvalue weighted by molar-refractivity contribution is -0.139. The second kappa shape index (κ2) is 7.87. The molecule has 1 rings (SSSR count). The van der Waals surface area contributed by atoms with Gasteiger partial charge in [0.1, 0.15) is 11.8 Å². The van der Waals surface area contributed by atoms with Gasteiger partial charge in [0.25, 0.3) is 0 Å². The van der Waals surface area contributed by atoms with E-state index in [9.17, 15) is 15.0 Å². The van der Waals surface area contributed by atoms with E-state index in [1.165, 1.54) is 6.07 Å². The molecule has 0 radical (unpaired) electrons. The molecule has 0 fully saturated rings. The third-order valence-electron chi connectivity index (χ3n) is 3.41. The van der Waals surface area contributed by atoms with Crippen molar-refractivity contribution in [2.45, 2.75) is 26.8 Å². The van der Waals surface area contributed by atoms with E-state index in [1.807, 2.05) is 6.92 Å². The summed E-state index contributed by atoms with van der Waals surface area (Å²) in [7, 11) is 0. The number of benzene rings is 1. The van der Waals surface area contributed by atoms with Crippen LogP contribution < -0.4 is 5.32 Å². The SMILES string of the molecule is CCN(CC)CCNC(C(=O)O)c1cc(C)ccc1O. The molecule has 5 nitrogen and oxygen atoms in total. The van der Waals surface area contributed by atoms with Crippen LogP contribution in [-0.4, -0.2) is 47.3 Å². The number of carboxylic acids is 1. The summed E-state index contributed by atoms with van der Waals surface area (Å²) in [5, 5.41) is 22.2. The minimum Gasteiger partial charge on any atom is -0.508 e. The summed E-state index contributed by atoms with van der Waals surface area (Å²) in [5.74, 6) is -0.969. The van der Waals surface area contributed by atoms with Crippen LogP contribution in [0.5, 0.6) is 5.75 Å². The Morgan fingerprint density at radius 2 is 2.00 bits per heavy atom. The van der Waals surface area contributed by atoms with Crippen molar-refractivity contribution in [2.24, 2.45) is 0 Å². The molecule has 3 N–H and O–H groups in total. The predicted octanol–water partition coefficient (Wildman–Crippen LogP) is 1.76. The number of aromatic hydroxyl groups is 1. The summed E-state index contributed by atoms with van der Waals surface area (Å²) in [6.45, 7) is 9.24. The Morgan fingerprint density at radius 1 is 1.35 bits per heavy atom. The molecule has 0 saturated heterocycles. The first-order valence-corrected chi connectivity index (χ1v) is 6.97. The largest absolute Gasteiger partial charge is 0.508 e. The number of carbonyl (C=O) groups is 1. The first-order valence-electron chi connectivity index (χ1n) is 6.97. The molecule has 0 saturated carbocycles. The average Bonchev–Trinajstić information content (AvgIpc) is 2.42. The zero-order chi connectivity index (χ0) is 15.1. The van der Waals surface area contributed by atoms with Gasteiger partial charge in [-0.15, -0.1) is 0 Å². The summed E-state index contributed by atoms with van der Waals surface area (Å²) in [5.41, 5.74) is 1.34. The van der Waals surface area contributed by atoms with Gasteiger partial charge in [0.15, 0.2) is 0 Å². The fourth-order valence-electron chi connectivity index (χ4n) is 2.14. The van der Waals surface area contributed by atoms with Gasteiger partial charge in [-0.1, -0.05) is 31.5 Å². The third kappa shape index (κ3) is 4.51. The molecule has 112 valence electrons. The van der Waals surface area contributed by atoms with Crippen molar-refractivity contribution in [3.05, 3.63) is 29.3 Å². The molecule has 1 aromatic carbocycles. The van der Waals surface area contributed by atoms with Crippen LogP contribution in [0.4, 0.5) is 0 Å².